The molecule has 1 N–H and O–H groups in total. The molecule has 4 heteroatoms. The minimum absolute atomic E-state index is 0.157. The van der Waals surface area contributed by atoms with Gasteiger partial charge in [0.1, 0.15) is 0 Å². The monoisotopic (exact) mass is 253 g/mol. The minimum atomic E-state index is -0.672. The molecule has 0 unspecified atom stereocenters. The molecule has 0 spiro atoms. The third kappa shape index (κ3) is 1.73. The zero-order chi connectivity index (χ0) is 13.6. The van der Waals surface area contributed by atoms with Gasteiger partial charge in [-0.3, -0.25) is 14.8 Å². The molecule has 2 aromatic carbocycles. The molecular formula is C15H11NO3. The van der Waals surface area contributed by atoms with Gasteiger partial charge in [0.25, 0.3) is 11.8 Å². The highest BCUT2D eigenvalue weighted by Gasteiger charge is 2.34. The Morgan fingerprint density at radius 3 is 2.32 bits per heavy atom. The van der Waals surface area contributed by atoms with E-state index < -0.39 is 11.8 Å². The maximum Gasteiger partial charge on any atom is 0.285 e. The molecule has 0 saturated carbocycles. The highest BCUT2D eigenvalue weighted by Crippen LogP contribution is 2.28. The van der Waals surface area contributed by atoms with Crippen molar-refractivity contribution in [3.63, 3.8) is 0 Å². The van der Waals surface area contributed by atoms with Crippen molar-refractivity contribution in [1.29, 1.82) is 0 Å². The highest BCUT2D eigenvalue weighted by molar-refractivity contribution is 6.20. The summed E-state index contributed by atoms with van der Waals surface area (Å²) in [6, 6.07) is 12.8. The average Bonchev–Trinajstić information content (AvgIpc) is 2.64. The van der Waals surface area contributed by atoms with E-state index >= 15 is 0 Å². The molecule has 0 radical (unpaired) electrons. The Kier molecular flexibility index (Phi) is 2.47. The van der Waals surface area contributed by atoms with Gasteiger partial charge in [0.05, 0.1) is 11.1 Å². The van der Waals surface area contributed by atoms with Crippen molar-refractivity contribution in [2.45, 2.75) is 6.92 Å². The van der Waals surface area contributed by atoms with Crippen LogP contribution in [0.25, 0.3) is 11.1 Å². The molecule has 2 amide bonds. The number of hydrogen-bond donors (Lipinski definition) is 1. The van der Waals surface area contributed by atoms with E-state index in [1.54, 1.807) is 18.2 Å². The standard InChI is InChI=1S/C15H11NO3/c1-9-3-2-4-10(7-9)11-5-6-12-13(8-11)15(18)16(19)14(12)17/h2-8,19H,1H3. The Morgan fingerprint density at radius 2 is 1.58 bits per heavy atom. The fraction of sp³-hybridized carbons (Fsp3) is 0.0667. The number of nitrogens with zero attached hydrogens (tertiary/aromatic N) is 1. The summed E-state index contributed by atoms with van der Waals surface area (Å²) in [7, 11) is 0. The fourth-order valence-electron chi connectivity index (χ4n) is 2.23. The quantitative estimate of drug-likeness (QED) is 0.628. The van der Waals surface area contributed by atoms with Gasteiger partial charge in [-0.05, 0) is 30.2 Å². The maximum absolute atomic E-state index is 11.7. The summed E-state index contributed by atoms with van der Waals surface area (Å²) in [6.07, 6.45) is 0. The van der Waals surface area contributed by atoms with Gasteiger partial charge >= 0.3 is 0 Å². The molecule has 2 aromatic rings. The number of rotatable bonds is 1. The van der Waals surface area contributed by atoms with Gasteiger partial charge in [0, 0.05) is 0 Å². The molecule has 0 fully saturated rings. The van der Waals surface area contributed by atoms with E-state index in [0.29, 0.717) is 0 Å². The number of imide groups is 1. The first-order chi connectivity index (χ1) is 9.08. The lowest BCUT2D eigenvalue weighted by Gasteiger charge is -2.04. The summed E-state index contributed by atoms with van der Waals surface area (Å²) in [5.74, 6) is -1.34. The third-order valence-electron chi connectivity index (χ3n) is 3.22. The second-order valence-electron chi connectivity index (χ2n) is 4.55. The van der Waals surface area contributed by atoms with Crippen LogP contribution in [-0.2, 0) is 0 Å². The Labute approximate surface area is 109 Å². The van der Waals surface area contributed by atoms with Gasteiger partial charge in [0.15, 0.2) is 0 Å². The smallest absolute Gasteiger partial charge is 0.278 e. The third-order valence-corrected chi connectivity index (χ3v) is 3.22. The first-order valence-corrected chi connectivity index (χ1v) is 5.86. The maximum atomic E-state index is 11.7. The van der Waals surface area contributed by atoms with Crippen LogP contribution in [0.5, 0.6) is 0 Å². The summed E-state index contributed by atoms with van der Waals surface area (Å²) in [6.45, 7) is 1.99. The van der Waals surface area contributed by atoms with Crippen LogP contribution in [0.4, 0.5) is 0 Å². The zero-order valence-corrected chi connectivity index (χ0v) is 10.3. The number of fused-ring (bicyclic) bond motifs is 1. The second-order valence-corrected chi connectivity index (χ2v) is 4.55. The van der Waals surface area contributed by atoms with Crippen LogP contribution in [0.15, 0.2) is 42.5 Å². The van der Waals surface area contributed by atoms with E-state index in [9.17, 15) is 14.8 Å². The van der Waals surface area contributed by atoms with Crippen LogP contribution >= 0.6 is 0 Å². The molecule has 1 heterocycles. The van der Waals surface area contributed by atoms with E-state index in [-0.39, 0.29) is 16.2 Å². The minimum Gasteiger partial charge on any atom is -0.278 e. The fourth-order valence-corrected chi connectivity index (χ4v) is 2.23. The van der Waals surface area contributed by atoms with E-state index in [2.05, 4.69) is 0 Å². The van der Waals surface area contributed by atoms with E-state index in [0.717, 1.165) is 16.7 Å². The molecule has 1 aliphatic rings. The second kappa shape index (κ2) is 4.03. The number of benzene rings is 2. The first-order valence-electron chi connectivity index (χ1n) is 5.86. The predicted molar refractivity (Wildman–Crippen MR) is 68.9 cm³/mol. The number of hydroxylamine groups is 2. The van der Waals surface area contributed by atoms with Crippen molar-refractivity contribution in [3.05, 3.63) is 59.2 Å². The van der Waals surface area contributed by atoms with E-state index in [1.807, 2.05) is 31.2 Å². The van der Waals surface area contributed by atoms with Gasteiger partial charge in [-0.1, -0.05) is 35.9 Å². The van der Waals surface area contributed by atoms with Crippen LogP contribution in [0.3, 0.4) is 0 Å². The molecule has 0 atom stereocenters. The molecule has 19 heavy (non-hydrogen) atoms. The van der Waals surface area contributed by atoms with Gasteiger partial charge in [-0.2, -0.15) is 0 Å². The SMILES string of the molecule is Cc1cccc(-c2ccc3c(c2)C(=O)N(O)C3=O)c1. The van der Waals surface area contributed by atoms with Crippen molar-refractivity contribution in [2.75, 3.05) is 0 Å². The number of aryl methyl sites for hydroxylation is 1. The van der Waals surface area contributed by atoms with Crippen molar-refractivity contribution in [3.8, 4) is 11.1 Å². The van der Waals surface area contributed by atoms with Crippen LogP contribution in [0.2, 0.25) is 0 Å². The van der Waals surface area contributed by atoms with Gasteiger partial charge in [-0.15, -0.1) is 5.06 Å². The van der Waals surface area contributed by atoms with Crippen LogP contribution in [0.1, 0.15) is 26.3 Å². The zero-order valence-electron chi connectivity index (χ0n) is 10.3. The topological polar surface area (TPSA) is 57.6 Å². The van der Waals surface area contributed by atoms with Crippen LogP contribution < -0.4 is 0 Å². The lowest BCUT2D eigenvalue weighted by Crippen LogP contribution is -2.25. The van der Waals surface area contributed by atoms with Crippen LogP contribution in [0, 0.1) is 6.92 Å². The van der Waals surface area contributed by atoms with Crippen molar-refractivity contribution >= 4 is 11.8 Å². The van der Waals surface area contributed by atoms with Gasteiger partial charge in [0.2, 0.25) is 0 Å². The Hall–Kier alpha value is -2.46. The van der Waals surface area contributed by atoms with E-state index in [1.165, 1.54) is 0 Å². The number of amides is 2. The molecule has 94 valence electrons. The Bertz CT molecular complexity index is 706. The highest BCUT2D eigenvalue weighted by atomic mass is 16.5. The Balaban J connectivity index is 2.14. The van der Waals surface area contributed by atoms with Crippen LogP contribution in [-0.4, -0.2) is 22.1 Å². The average molecular weight is 253 g/mol. The normalized spacial score (nSPS) is 13.9. The van der Waals surface area contributed by atoms with E-state index in [4.69, 9.17) is 0 Å². The number of carbonyl (C=O) groups excluding carboxylic acids is 2. The lowest BCUT2D eigenvalue weighted by molar-refractivity contribution is -0.0327. The molecule has 0 aliphatic carbocycles. The summed E-state index contributed by atoms with van der Waals surface area (Å²) in [5.41, 5.74) is 3.41. The first kappa shape index (κ1) is 11.6. The molecule has 4 nitrogen and oxygen atoms in total. The Morgan fingerprint density at radius 1 is 0.895 bits per heavy atom. The molecule has 0 saturated heterocycles. The molecule has 0 bridgehead atoms. The molecule has 0 aromatic heterocycles. The summed E-state index contributed by atoms with van der Waals surface area (Å²) < 4.78 is 0. The van der Waals surface area contributed by atoms with Gasteiger partial charge in [-0.25, -0.2) is 0 Å². The van der Waals surface area contributed by atoms with Gasteiger partial charge < -0.3 is 0 Å². The summed E-state index contributed by atoms with van der Waals surface area (Å²) >= 11 is 0. The summed E-state index contributed by atoms with van der Waals surface area (Å²) in [4.78, 5) is 23.3. The molecule has 3 rings (SSSR count). The molecular weight excluding hydrogens is 242 g/mol. The summed E-state index contributed by atoms with van der Waals surface area (Å²) in [5, 5.41) is 9.48. The number of carbonyl (C=O) groups is 2. The van der Waals surface area contributed by atoms with Crippen molar-refractivity contribution in [2.24, 2.45) is 0 Å². The number of hydrogen-bond acceptors (Lipinski definition) is 3. The lowest BCUT2D eigenvalue weighted by atomic mass is 9.99. The largest absolute Gasteiger partial charge is 0.285 e. The predicted octanol–water partition coefficient (Wildman–Crippen LogP) is 2.65. The van der Waals surface area contributed by atoms with Crippen molar-refractivity contribution < 1.29 is 14.8 Å². The van der Waals surface area contributed by atoms with Crippen molar-refractivity contribution in [1.82, 2.24) is 5.06 Å². The molecule has 1 aliphatic heterocycles.